The monoisotopic (exact) mass is 515 g/mol. The van der Waals surface area contributed by atoms with Gasteiger partial charge in [0.25, 0.3) is 0 Å². The zero-order valence-corrected chi connectivity index (χ0v) is 12.7. The third-order valence-corrected chi connectivity index (χ3v) is 6.57. The molecule has 1 aromatic rings. The van der Waals surface area contributed by atoms with Gasteiger partial charge in [-0.25, -0.2) is 4.79 Å². The van der Waals surface area contributed by atoms with Crippen molar-refractivity contribution in [1.29, 1.82) is 0 Å². The summed E-state index contributed by atoms with van der Waals surface area (Å²) in [6.07, 6.45) is 0. The van der Waals surface area contributed by atoms with Gasteiger partial charge in [0.2, 0.25) is 0 Å². The first-order chi connectivity index (χ1) is 6.07. The van der Waals surface area contributed by atoms with Crippen LogP contribution >= 0.6 is 67.8 Å². The molecule has 0 atom stereocenters. The van der Waals surface area contributed by atoms with E-state index in [2.05, 4.69) is 72.6 Å². The molecule has 6 heteroatoms. The Morgan fingerprint density at radius 2 is 1.85 bits per heavy atom. The third-order valence-electron chi connectivity index (χ3n) is 1.36. The van der Waals surface area contributed by atoms with Crippen molar-refractivity contribution in [2.75, 3.05) is 0 Å². The maximum atomic E-state index is 11.1. The minimum absolute atomic E-state index is 0.501. The number of hydrogen-bond donors (Lipinski definition) is 1. The SMILES string of the molecule is NOC(=O)c1ccc(I)c(I)c1I. The molecule has 0 unspecified atom stereocenters. The molecule has 0 aliphatic heterocycles. The third kappa shape index (κ3) is 2.65. The Morgan fingerprint density at radius 3 is 2.38 bits per heavy atom. The summed E-state index contributed by atoms with van der Waals surface area (Å²) in [6, 6.07) is 3.57. The summed E-state index contributed by atoms with van der Waals surface area (Å²) < 4.78 is 3.03. The number of rotatable bonds is 1. The number of benzene rings is 1. The van der Waals surface area contributed by atoms with E-state index in [-0.39, 0.29) is 0 Å². The van der Waals surface area contributed by atoms with E-state index < -0.39 is 5.97 Å². The molecule has 1 aromatic carbocycles. The van der Waals surface area contributed by atoms with Gasteiger partial charge in [0.1, 0.15) is 0 Å². The van der Waals surface area contributed by atoms with Crippen LogP contribution in [0.5, 0.6) is 0 Å². The van der Waals surface area contributed by atoms with Crippen molar-refractivity contribution < 1.29 is 9.63 Å². The number of halogens is 3. The Morgan fingerprint density at radius 1 is 1.23 bits per heavy atom. The van der Waals surface area contributed by atoms with Crippen LogP contribution in [0, 0.1) is 10.7 Å². The highest BCUT2D eigenvalue weighted by Crippen LogP contribution is 2.24. The molecule has 13 heavy (non-hydrogen) atoms. The summed E-state index contributed by atoms with van der Waals surface area (Å²) in [5, 5.41) is 0. The van der Waals surface area contributed by atoms with Gasteiger partial charge in [-0.3, -0.25) is 0 Å². The average Bonchev–Trinajstić information content (AvgIpc) is 2.13. The van der Waals surface area contributed by atoms with Crippen molar-refractivity contribution in [2.45, 2.75) is 0 Å². The molecule has 0 amide bonds. The molecule has 0 radical (unpaired) electrons. The fourth-order valence-electron chi connectivity index (χ4n) is 0.747. The summed E-state index contributed by atoms with van der Waals surface area (Å²) in [5.74, 6) is 4.30. The van der Waals surface area contributed by atoms with Gasteiger partial charge >= 0.3 is 5.97 Å². The fraction of sp³-hybridized carbons (Fsp3) is 0. The Kier molecular flexibility index (Phi) is 4.65. The Balaban J connectivity index is 3.26. The molecule has 0 saturated heterocycles. The summed E-state index contributed by atoms with van der Waals surface area (Å²) in [4.78, 5) is 15.3. The molecule has 0 aliphatic carbocycles. The van der Waals surface area contributed by atoms with Crippen molar-refractivity contribution in [3.8, 4) is 0 Å². The second kappa shape index (κ2) is 5.07. The molecule has 0 aromatic heterocycles. The lowest BCUT2D eigenvalue weighted by Gasteiger charge is -2.04. The van der Waals surface area contributed by atoms with E-state index in [9.17, 15) is 4.79 Å². The lowest BCUT2D eigenvalue weighted by molar-refractivity contribution is 0.0502. The molecule has 1 rings (SSSR count). The standard InChI is InChI=1S/C7H4I3NO2/c8-4-2-1-3(7(12)13-11)5(9)6(4)10/h1-2H,11H2. The van der Waals surface area contributed by atoms with Crippen molar-refractivity contribution >= 4 is 73.7 Å². The summed E-state index contributed by atoms with van der Waals surface area (Å²) in [5.41, 5.74) is 0.507. The Labute approximate surface area is 116 Å². The normalized spacial score (nSPS) is 9.85. The van der Waals surface area contributed by atoms with Crippen LogP contribution in [0.2, 0.25) is 0 Å². The van der Waals surface area contributed by atoms with Crippen LogP contribution in [-0.2, 0) is 4.84 Å². The van der Waals surface area contributed by atoms with Crippen LogP contribution in [0.25, 0.3) is 0 Å². The minimum Gasteiger partial charge on any atom is -0.370 e. The molecule has 0 bridgehead atoms. The van der Waals surface area contributed by atoms with Gasteiger partial charge in [0, 0.05) is 10.7 Å². The van der Waals surface area contributed by atoms with Gasteiger partial charge in [-0.1, -0.05) is 0 Å². The van der Waals surface area contributed by atoms with Gasteiger partial charge in [-0.15, -0.1) is 0 Å². The molecule has 0 saturated carbocycles. The zero-order chi connectivity index (χ0) is 10.0. The van der Waals surface area contributed by atoms with Gasteiger partial charge < -0.3 is 4.84 Å². The first-order valence-corrected chi connectivity index (χ1v) is 6.36. The van der Waals surface area contributed by atoms with Crippen molar-refractivity contribution in [1.82, 2.24) is 0 Å². The van der Waals surface area contributed by atoms with Crippen molar-refractivity contribution in [3.63, 3.8) is 0 Å². The van der Waals surface area contributed by atoms with Crippen LogP contribution in [0.1, 0.15) is 10.4 Å². The molecule has 0 aliphatic rings. The Hall–Kier alpha value is 0.840. The predicted octanol–water partition coefficient (Wildman–Crippen LogP) is 2.53. The molecule has 0 fully saturated rings. The maximum absolute atomic E-state index is 11.1. The minimum atomic E-state index is -0.501. The smallest absolute Gasteiger partial charge is 0.357 e. The highest BCUT2D eigenvalue weighted by molar-refractivity contribution is 14.1. The molecule has 70 valence electrons. The van der Waals surface area contributed by atoms with E-state index in [1.165, 1.54) is 0 Å². The molecule has 3 nitrogen and oxygen atoms in total. The van der Waals surface area contributed by atoms with Crippen molar-refractivity contribution in [3.05, 3.63) is 28.4 Å². The van der Waals surface area contributed by atoms with Gasteiger partial charge in [0.05, 0.1) is 5.56 Å². The maximum Gasteiger partial charge on any atom is 0.357 e. The highest BCUT2D eigenvalue weighted by atomic mass is 127. The van der Waals surface area contributed by atoms with E-state index in [0.29, 0.717) is 5.56 Å². The molecular weight excluding hydrogens is 511 g/mol. The van der Waals surface area contributed by atoms with E-state index >= 15 is 0 Å². The van der Waals surface area contributed by atoms with E-state index in [0.717, 1.165) is 10.7 Å². The topological polar surface area (TPSA) is 52.3 Å². The van der Waals surface area contributed by atoms with E-state index in [1.807, 2.05) is 6.07 Å². The number of nitrogens with two attached hydrogens (primary N) is 1. The molecular formula is C7H4I3NO2. The average molecular weight is 515 g/mol. The number of carbonyl (C=O) groups is 1. The summed E-state index contributed by atoms with van der Waals surface area (Å²) in [7, 11) is 0. The lowest BCUT2D eigenvalue weighted by atomic mass is 10.2. The van der Waals surface area contributed by atoms with E-state index in [1.54, 1.807) is 6.07 Å². The fourth-order valence-corrected chi connectivity index (χ4v) is 2.87. The largest absolute Gasteiger partial charge is 0.370 e. The highest BCUT2D eigenvalue weighted by Gasteiger charge is 2.14. The summed E-state index contributed by atoms with van der Waals surface area (Å²) in [6.45, 7) is 0. The predicted molar refractivity (Wildman–Crippen MR) is 74.2 cm³/mol. The second-order valence-corrected chi connectivity index (χ2v) is 5.45. The quantitative estimate of drug-likeness (QED) is 0.356. The van der Waals surface area contributed by atoms with Crippen LogP contribution < -0.4 is 5.90 Å². The van der Waals surface area contributed by atoms with Crippen LogP contribution in [0.4, 0.5) is 0 Å². The van der Waals surface area contributed by atoms with Crippen LogP contribution in [-0.4, -0.2) is 5.97 Å². The van der Waals surface area contributed by atoms with Crippen molar-refractivity contribution in [2.24, 2.45) is 5.90 Å². The van der Waals surface area contributed by atoms with E-state index in [4.69, 9.17) is 5.90 Å². The first kappa shape index (κ1) is 11.9. The molecule has 2 N–H and O–H groups in total. The number of carbonyl (C=O) groups excluding carboxylic acids is 1. The van der Waals surface area contributed by atoms with Gasteiger partial charge in [-0.05, 0) is 79.9 Å². The lowest BCUT2D eigenvalue weighted by Crippen LogP contribution is -2.12. The van der Waals surface area contributed by atoms with Gasteiger partial charge in [0.15, 0.2) is 0 Å². The number of hydrogen-bond acceptors (Lipinski definition) is 3. The van der Waals surface area contributed by atoms with Gasteiger partial charge in [-0.2, -0.15) is 5.90 Å². The molecule has 0 spiro atoms. The molecule has 0 heterocycles. The summed E-state index contributed by atoms with van der Waals surface area (Å²) >= 11 is 6.49. The Bertz CT molecular complexity index is 354. The van der Waals surface area contributed by atoms with Crippen LogP contribution in [0.15, 0.2) is 12.1 Å². The van der Waals surface area contributed by atoms with Crippen LogP contribution in [0.3, 0.4) is 0 Å². The first-order valence-electron chi connectivity index (χ1n) is 3.12. The second-order valence-electron chi connectivity index (χ2n) is 2.13. The zero-order valence-electron chi connectivity index (χ0n) is 6.18.